The van der Waals surface area contributed by atoms with E-state index in [1.807, 2.05) is 0 Å². The minimum atomic E-state index is -0.351. The zero-order valence-electron chi connectivity index (χ0n) is 13.4. The van der Waals surface area contributed by atoms with E-state index in [0.29, 0.717) is 13.2 Å². The molecule has 2 saturated heterocycles. The van der Waals surface area contributed by atoms with E-state index < -0.39 is 0 Å². The van der Waals surface area contributed by atoms with Crippen molar-refractivity contribution in [3.63, 3.8) is 0 Å². The summed E-state index contributed by atoms with van der Waals surface area (Å²) < 4.78 is 23.4. The quantitative estimate of drug-likeness (QED) is 0.783. The van der Waals surface area contributed by atoms with E-state index in [-0.39, 0.29) is 24.6 Å². The molecule has 21 heavy (non-hydrogen) atoms. The van der Waals surface area contributed by atoms with Gasteiger partial charge in [0.25, 0.3) is 0 Å². The van der Waals surface area contributed by atoms with E-state index in [1.54, 1.807) is 0 Å². The molecule has 114 valence electrons. The predicted octanol–water partition coefficient (Wildman–Crippen LogP) is 2.34. The summed E-state index contributed by atoms with van der Waals surface area (Å²) >= 11 is 0. The highest BCUT2D eigenvalue weighted by atomic mass is 16.7. The third-order valence-corrected chi connectivity index (χ3v) is 4.70. The zero-order chi connectivity index (χ0) is 15.3. The topological polar surface area (TPSA) is 36.9 Å². The lowest BCUT2D eigenvalue weighted by Gasteiger charge is -2.32. The molecular formula is C16H23BO4. The van der Waals surface area contributed by atoms with Crippen molar-refractivity contribution in [1.82, 2.24) is 0 Å². The summed E-state index contributed by atoms with van der Waals surface area (Å²) in [5.74, 6) is 0. The van der Waals surface area contributed by atoms with Crippen LogP contribution in [0.5, 0.6) is 0 Å². The van der Waals surface area contributed by atoms with E-state index >= 15 is 0 Å². The number of rotatable bonds is 2. The Balaban J connectivity index is 1.88. The van der Waals surface area contributed by atoms with E-state index in [1.165, 1.54) is 0 Å². The molecule has 3 rings (SSSR count). The van der Waals surface area contributed by atoms with Crippen molar-refractivity contribution >= 4 is 12.6 Å². The van der Waals surface area contributed by atoms with Gasteiger partial charge in [0.05, 0.1) is 24.4 Å². The van der Waals surface area contributed by atoms with Crippen LogP contribution in [0.25, 0.3) is 0 Å². The smallest absolute Gasteiger partial charge is 0.399 e. The van der Waals surface area contributed by atoms with Gasteiger partial charge in [-0.15, -0.1) is 0 Å². The predicted molar refractivity (Wildman–Crippen MR) is 81.5 cm³/mol. The van der Waals surface area contributed by atoms with Gasteiger partial charge in [0, 0.05) is 5.56 Å². The fourth-order valence-corrected chi connectivity index (χ4v) is 2.58. The number of hydrogen-bond acceptors (Lipinski definition) is 4. The average molecular weight is 290 g/mol. The number of aryl methyl sites for hydroxylation is 1. The molecule has 0 saturated carbocycles. The molecule has 0 unspecified atom stereocenters. The Hall–Kier alpha value is -0.875. The average Bonchev–Trinajstić information content (AvgIpc) is 2.97. The maximum Gasteiger partial charge on any atom is 0.494 e. The van der Waals surface area contributed by atoms with E-state index in [9.17, 15) is 0 Å². The first kappa shape index (κ1) is 15.0. The lowest BCUT2D eigenvalue weighted by molar-refractivity contribution is -0.0444. The van der Waals surface area contributed by atoms with Crippen LogP contribution in [0.15, 0.2) is 18.2 Å². The van der Waals surface area contributed by atoms with Crippen LogP contribution >= 0.6 is 0 Å². The molecular weight excluding hydrogens is 267 g/mol. The number of hydrogen-bond donors (Lipinski definition) is 0. The first-order valence-corrected chi connectivity index (χ1v) is 7.49. The van der Waals surface area contributed by atoms with Gasteiger partial charge in [-0.05, 0) is 45.6 Å². The second-order valence-electron chi connectivity index (χ2n) is 6.78. The van der Waals surface area contributed by atoms with Crippen LogP contribution in [0.1, 0.15) is 45.1 Å². The standard InChI is InChI=1S/C16H23BO4/c1-11-6-7-12(10-13(11)14-18-8-9-19-14)17-20-15(2,3)16(4,5)21-17/h6-7,10,14H,8-9H2,1-5H3. The number of benzene rings is 1. The molecule has 0 aromatic heterocycles. The Morgan fingerprint density at radius 1 is 1.00 bits per heavy atom. The fourth-order valence-electron chi connectivity index (χ4n) is 2.58. The highest BCUT2D eigenvalue weighted by Gasteiger charge is 2.51. The lowest BCUT2D eigenvalue weighted by atomic mass is 9.77. The van der Waals surface area contributed by atoms with E-state index in [0.717, 1.165) is 16.6 Å². The van der Waals surface area contributed by atoms with Gasteiger partial charge >= 0.3 is 7.12 Å². The molecule has 2 aliphatic heterocycles. The second-order valence-corrected chi connectivity index (χ2v) is 6.78. The van der Waals surface area contributed by atoms with Crippen molar-refractivity contribution in [2.24, 2.45) is 0 Å². The lowest BCUT2D eigenvalue weighted by Crippen LogP contribution is -2.41. The largest absolute Gasteiger partial charge is 0.494 e. The molecule has 0 aliphatic carbocycles. The molecule has 0 atom stereocenters. The maximum atomic E-state index is 6.10. The first-order chi connectivity index (χ1) is 9.80. The summed E-state index contributed by atoms with van der Waals surface area (Å²) in [4.78, 5) is 0. The van der Waals surface area contributed by atoms with Crippen LogP contribution in [0, 0.1) is 6.92 Å². The minimum Gasteiger partial charge on any atom is -0.399 e. The summed E-state index contributed by atoms with van der Waals surface area (Å²) in [5, 5.41) is 0. The van der Waals surface area contributed by atoms with Crippen molar-refractivity contribution in [2.45, 2.75) is 52.1 Å². The third kappa shape index (κ3) is 2.64. The van der Waals surface area contributed by atoms with Crippen LogP contribution in [-0.4, -0.2) is 31.5 Å². The molecule has 0 N–H and O–H groups in total. The molecule has 0 radical (unpaired) electrons. The van der Waals surface area contributed by atoms with Crippen LogP contribution in [-0.2, 0) is 18.8 Å². The highest BCUT2D eigenvalue weighted by molar-refractivity contribution is 6.62. The monoisotopic (exact) mass is 290 g/mol. The van der Waals surface area contributed by atoms with Crippen LogP contribution < -0.4 is 5.46 Å². The Kier molecular flexibility index (Phi) is 3.65. The van der Waals surface area contributed by atoms with Gasteiger partial charge in [-0.2, -0.15) is 0 Å². The molecule has 0 amide bonds. The summed E-state index contributed by atoms with van der Waals surface area (Å²) in [5.41, 5.74) is 2.56. The highest BCUT2D eigenvalue weighted by Crippen LogP contribution is 2.36. The van der Waals surface area contributed by atoms with Gasteiger partial charge < -0.3 is 18.8 Å². The van der Waals surface area contributed by atoms with E-state index in [2.05, 4.69) is 52.8 Å². The van der Waals surface area contributed by atoms with Gasteiger partial charge in [-0.25, -0.2) is 0 Å². The number of ether oxygens (including phenoxy) is 2. The van der Waals surface area contributed by atoms with Gasteiger partial charge in [-0.1, -0.05) is 18.2 Å². The van der Waals surface area contributed by atoms with Crippen LogP contribution in [0.3, 0.4) is 0 Å². The van der Waals surface area contributed by atoms with Gasteiger partial charge in [-0.3, -0.25) is 0 Å². The molecule has 4 nitrogen and oxygen atoms in total. The molecule has 2 aliphatic rings. The molecule has 2 heterocycles. The summed E-state index contributed by atoms with van der Waals surface area (Å²) in [6, 6.07) is 6.20. The summed E-state index contributed by atoms with van der Waals surface area (Å²) in [6.45, 7) is 11.6. The van der Waals surface area contributed by atoms with Crippen molar-refractivity contribution in [1.29, 1.82) is 0 Å². The molecule has 1 aromatic carbocycles. The van der Waals surface area contributed by atoms with Crippen LogP contribution in [0.4, 0.5) is 0 Å². The van der Waals surface area contributed by atoms with E-state index in [4.69, 9.17) is 18.8 Å². The SMILES string of the molecule is Cc1ccc(B2OC(C)(C)C(C)(C)O2)cc1C1OCCO1. The van der Waals surface area contributed by atoms with Crippen molar-refractivity contribution < 1.29 is 18.8 Å². The molecule has 2 fully saturated rings. The Morgan fingerprint density at radius 3 is 2.14 bits per heavy atom. The molecule has 0 spiro atoms. The van der Waals surface area contributed by atoms with Crippen LogP contribution in [0.2, 0.25) is 0 Å². The Labute approximate surface area is 126 Å². The normalized spacial score (nSPS) is 24.7. The van der Waals surface area contributed by atoms with Gasteiger partial charge in [0.1, 0.15) is 0 Å². The van der Waals surface area contributed by atoms with Crippen molar-refractivity contribution in [2.75, 3.05) is 13.2 Å². The third-order valence-electron chi connectivity index (χ3n) is 4.70. The maximum absolute atomic E-state index is 6.10. The first-order valence-electron chi connectivity index (χ1n) is 7.49. The molecule has 1 aromatic rings. The van der Waals surface area contributed by atoms with Gasteiger partial charge in [0.15, 0.2) is 6.29 Å². The minimum absolute atomic E-state index is 0.271. The fraction of sp³-hybridized carbons (Fsp3) is 0.625. The Morgan fingerprint density at radius 2 is 1.57 bits per heavy atom. The molecule has 5 heteroatoms. The second kappa shape index (κ2) is 5.09. The van der Waals surface area contributed by atoms with Crippen molar-refractivity contribution in [3.8, 4) is 0 Å². The summed E-state index contributed by atoms with van der Waals surface area (Å²) in [6.07, 6.45) is -0.271. The molecule has 0 bridgehead atoms. The van der Waals surface area contributed by atoms with Crippen molar-refractivity contribution in [3.05, 3.63) is 29.3 Å². The summed E-state index contributed by atoms with van der Waals surface area (Å²) in [7, 11) is -0.351. The van der Waals surface area contributed by atoms with Gasteiger partial charge in [0.2, 0.25) is 0 Å². The Bertz CT molecular complexity index is 519. The zero-order valence-corrected chi connectivity index (χ0v) is 13.4.